The monoisotopic (exact) mass is 367 g/mol. The summed E-state index contributed by atoms with van der Waals surface area (Å²) in [6.07, 6.45) is 0.102. The Hall–Kier alpha value is -3.35. The molecule has 0 N–H and O–H groups in total. The zero-order valence-corrected chi connectivity index (χ0v) is 14.1. The predicted molar refractivity (Wildman–Crippen MR) is 91.8 cm³/mol. The molecule has 0 aromatic heterocycles. The summed E-state index contributed by atoms with van der Waals surface area (Å²) >= 11 is 0. The highest BCUT2D eigenvalue weighted by Crippen LogP contribution is 2.44. The van der Waals surface area contributed by atoms with Crippen LogP contribution < -0.4 is 14.4 Å². The standard InChI is InChI=1S/C20H14FNO5/c21-12-2-4-13(5-3-12)22-15-9-25-20(24)19(15)14(8-18(22)23)11-1-6-16-17(7-11)27-10-26-16/h1-7,14H,8-10H2/t14-/m0/s1. The molecule has 27 heavy (non-hydrogen) atoms. The van der Waals surface area contributed by atoms with Crippen molar-refractivity contribution < 1.29 is 28.2 Å². The fourth-order valence-electron chi connectivity index (χ4n) is 3.76. The molecular weight excluding hydrogens is 353 g/mol. The number of esters is 1. The Morgan fingerprint density at radius 1 is 0.963 bits per heavy atom. The lowest BCUT2D eigenvalue weighted by atomic mass is 9.84. The van der Waals surface area contributed by atoms with Gasteiger partial charge in [0, 0.05) is 18.0 Å². The number of rotatable bonds is 2. The molecule has 0 unspecified atom stereocenters. The van der Waals surface area contributed by atoms with E-state index in [1.807, 2.05) is 6.07 Å². The van der Waals surface area contributed by atoms with E-state index in [1.165, 1.54) is 29.2 Å². The number of nitrogens with zero attached hydrogens (tertiary/aromatic N) is 1. The average Bonchev–Trinajstić information content (AvgIpc) is 3.28. The lowest BCUT2D eigenvalue weighted by molar-refractivity contribution is -0.136. The van der Waals surface area contributed by atoms with Gasteiger partial charge in [-0.3, -0.25) is 9.69 Å². The molecule has 136 valence electrons. The zero-order chi connectivity index (χ0) is 18.5. The van der Waals surface area contributed by atoms with Crippen molar-refractivity contribution in [1.29, 1.82) is 0 Å². The van der Waals surface area contributed by atoms with Crippen molar-refractivity contribution in [2.24, 2.45) is 0 Å². The molecule has 0 radical (unpaired) electrons. The fourth-order valence-corrected chi connectivity index (χ4v) is 3.76. The summed E-state index contributed by atoms with van der Waals surface area (Å²) in [5.41, 5.74) is 2.26. The average molecular weight is 367 g/mol. The number of benzene rings is 2. The minimum absolute atomic E-state index is 0.0122. The molecular formula is C20H14FNO5. The van der Waals surface area contributed by atoms with Crippen LogP contribution in [0.4, 0.5) is 10.1 Å². The van der Waals surface area contributed by atoms with E-state index >= 15 is 0 Å². The van der Waals surface area contributed by atoms with Gasteiger partial charge in [0.15, 0.2) is 11.5 Å². The number of fused-ring (bicyclic) bond motifs is 1. The molecule has 1 amide bonds. The van der Waals surface area contributed by atoms with Crippen molar-refractivity contribution in [1.82, 2.24) is 0 Å². The Morgan fingerprint density at radius 3 is 2.56 bits per heavy atom. The van der Waals surface area contributed by atoms with Crippen LogP contribution in [-0.4, -0.2) is 25.3 Å². The topological polar surface area (TPSA) is 65.1 Å². The number of carbonyl (C=O) groups is 2. The van der Waals surface area contributed by atoms with E-state index in [0.717, 1.165) is 5.56 Å². The van der Waals surface area contributed by atoms with Crippen LogP contribution in [0, 0.1) is 5.82 Å². The first-order chi connectivity index (χ1) is 13.1. The minimum Gasteiger partial charge on any atom is -0.456 e. The lowest BCUT2D eigenvalue weighted by Gasteiger charge is -2.31. The molecule has 2 aromatic carbocycles. The zero-order valence-electron chi connectivity index (χ0n) is 14.1. The third-order valence-electron chi connectivity index (χ3n) is 5.00. The van der Waals surface area contributed by atoms with Crippen LogP contribution in [0.25, 0.3) is 0 Å². The summed E-state index contributed by atoms with van der Waals surface area (Å²) in [5, 5.41) is 0. The van der Waals surface area contributed by atoms with Crippen molar-refractivity contribution in [3.63, 3.8) is 0 Å². The normalized spacial score (nSPS) is 20.8. The second kappa shape index (κ2) is 5.84. The molecule has 0 spiro atoms. The second-order valence-corrected chi connectivity index (χ2v) is 6.51. The summed E-state index contributed by atoms with van der Waals surface area (Å²) in [5.74, 6) is -0.205. The van der Waals surface area contributed by atoms with Crippen molar-refractivity contribution in [2.45, 2.75) is 12.3 Å². The van der Waals surface area contributed by atoms with E-state index in [1.54, 1.807) is 12.1 Å². The van der Waals surface area contributed by atoms with Gasteiger partial charge >= 0.3 is 5.97 Å². The number of anilines is 1. The summed E-state index contributed by atoms with van der Waals surface area (Å²) < 4.78 is 29.2. The summed E-state index contributed by atoms with van der Waals surface area (Å²) in [6.45, 7) is 0.162. The Balaban J connectivity index is 1.60. The lowest BCUT2D eigenvalue weighted by Crippen LogP contribution is -2.37. The first kappa shape index (κ1) is 15.9. The molecule has 0 saturated carbocycles. The van der Waals surface area contributed by atoms with Gasteiger partial charge in [0.25, 0.3) is 0 Å². The summed E-state index contributed by atoms with van der Waals surface area (Å²) in [4.78, 5) is 26.8. The predicted octanol–water partition coefficient (Wildman–Crippen LogP) is 2.89. The molecule has 3 heterocycles. The number of halogens is 1. The first-order valence-corrected chi connectivity index (χ1v) is 8.50. The number of amides is 1. The maximum atomic E-state index is 13.3. The van der Waals surface area contributed by atoms with E-state index in [0.29, 0.717) is 28.5 Å². The largest absolute Gasteiger partial charge is 0.456 e. The third-order valence-corrected chi connectivity index (χ3v) is 5.00. The van der Waals surface area contributed by atoms with Crippen molar-refractivity contribution in [3.05, 3.63) is 65.1 Å². The van der Waals surface area contributed by atoms with Crippen molar-refractivity contribution in [2.75, 3.05) is 18.3 Å². The van der Waals surface area contributed by atoms with Gasteiger partial charge < -0.3 is 14.2 Å². The number of hydrogen-bond acceptors (Lipinski definition) is 5. The molecule has 5 rings (SSSR count). The quantitative estimate of drug-likeness (QED) is 0.764. The Labute approximate surface area is 153 Å². The Kier molecular flexibility index (Phi) is 3.43. The van der Waals surface area contributed by atoms with E-state index in [2.05, 4.69) is 0 Å². The van der Waals surface area contributed by atoms with Crippen LogP contribution in [0.5, 0.6) is 11.5 Å². The third kappa shape index (κ3) is 2.46. The Bertz CT molecular complexity index is 998. The van der Waals surface area contributed by atoms with E-state index in [9.17, 15) is 14.0 Å². The molecule has 7 heteroatoms. The molecule has 6 nitrogen and oxygen atoms in total. The molecule has 0 fully saturated rings. The van der Waals surface area contributed by atoms with Gasteiger partial charge in [-0.25, -0.2) is 9.18 Å². The molecule has 2 aromatic rings. The van der Waals surface area contributed by atoms with Crippen LogP contribution >= 0.6 is 0 Å². The van der Waals surface area contributed by atoms with Crippen molar-refractivity contribution in [3.8, 4) is 11.5 Å². The molecule has 0 aliphatic carbocycles. The molecule has 0 bridgehead atoms. The van der Waals surface area contributed by atoms with E-state index in [-0.39, 0.29) is 25.7 Å². The smallest absolute Gasteiger partial charge is 0.336 e. The van der Waals surface area contributed by atoms with Gasteiger partial charge in [-0.2, -0.15) is 0 Å². The van der Waals surface area contributed by atoms with Gasteiger partial charge in [0.1, 0.15) is 12.4 Å². The highest BCUT2D eigenvalue weighted by molar-refractivity contribution is 6.06. The van der Waals surface area contributed by atoms with Crippen LogP contribution in [0.15, 0.2) is 53.7 Å². The van der Waals surface area contributed by atoms with Gasteiger partial charge in [-0.15, -0.1) is 0 Å². The van der Waals surface area contributed by atoms with E-state index < -0.39 is 17.7 Å². The van der Waals surface area contributed by atoms with Crippen LogP contribution in [-0.2, 0) is 14.3 Å². The highest BCUT2D eigenvalue weighted by atomic mass is 19.1. The number of hydrogen-bond donors (Lipinski definition) is 0. The molecule has 1 atom stereocenters. The Morgan fingerprint density at radius 2 is 1.74 bits per heavy atom. The van der Waals surface area contributed by atoms with Crippen LogP contribution in [0.1, 0.15) is 17.9 Å². The van der Waals surface area contributed by atoms with Gasteiger partial charge in [-0.1, -0.05) is 6.07 Å². The SMILES string of the molecule is O=C1OCC2=C1[C@H](c1ccc3c(c1)OCO3)CC(=O)N2c1ccc(F)cc1. The van der Waals surface area contributed by atoms with Crippen molar-refractivity contribution >= 4 is 17.6 Å². The summed E-state index contributed by atoms with van der Waals surface area (Å²) in [7, 11) is 0. The number of ether oxygens (including phenoxy) is 3. The van der Waals surface area contributed by atoms with Gasteiger partial charge in [0.05, 0.1) is 11.3 Å². The molecule has 3 aliphatic heterocycles. The summed E-state index contributed by atoms with van der Waals surface area (Å²) in [6, 6.07) is 11.0. The molecule has 0 saturated heterocycles. The maximum absolute atomic E-state index is 13.3. The first-order valence-electron chi connectivity index (χ1n) is 8.50. The van der Waals surface area contributed by atoms with Crippen LogP contribution in [0.3, 0.4) is 0 Å². The minimum atomic E-state index is -0.438. The van der Waals surface area contributed by atoms with Gasteiger partial charge in [-0.05, 0) is 42.0 Å². The number of carbonyl (C=O) groups excluding carboxylic acids is 2. The molecule has 3 aliphatic rings. The van der Waals surface area contributed by atoms with E-state index in [4.69, 9.17) is 14.2 Å². The van der Waals surface area contributed by atoms with Gasteiger partial charge in [0.2, 0.25) is 12.7 Å². The fraction of sp³-hybridized carbons (Fsp3) is 0.200. The maximum Gasteiger partial charge on any atom is 0.336 e. The second-order valence-electron chi connectivity index (χ2n) is 6.51. The highest BCUT2D eigenvalue weighted by Gasteiger charge is 2.43. The number of cyclic esters (lactones) is 1. The van der Waals surface area contributed by atoms with Crippen LogP contribution in [0.2, 0.25) is 0 Å².